The van der Waals surface area contributed by atoms with Gasteiger partial charge in [0.15, 0.2) is 0 Å². The van der Waals surface area contributed by atoms with E-state index in [0.717, 1.165) is 0 Å². The second-order valence-corrected chi connectivity index (χ2v) is 4.24. The number of hydrogen-bond acceptors (Lipinski definition) is 0. The number of allylic oxidation sites excluding steroid dienone is 3. The van der Waals surface area contributed by atoms with Crippen molar-refractivity contribution in [3.8, 4) is 0 Å². The van der Waals surface area contributed by atoms with Gasteiger partial charge in [-0.25, -0.2) is 0 Å². The molecule has 14 heavy (non-hydrogen) atoms. The monoisotopic (exact) mass is 182 g/mol. The second-order valence-electron chi connectivity index (χ2n) is 4.24. The van der Waals surface area contributed by atoms with Crippen molar-refractivity contribution < 1.29 is 0 Å². The van der Waals surface area contributed by atoms with Crippen LogP contribution in [0.25, 0.3) is 0 Å². The Morgan fingerprint density at radius 3 is 2.79 bits per heavy atom. The minimum absolute atomic E-state index is 0.599. The summed E-state index contributed by atoms with van der Waals surface area (Å²) in [6, 6.07) is 8.85. The van der Waals surface area contributed by atoms with Gasteiger partial charge in [0.2, 0.25) is 0 Å². The van der Waals surface area contributed by atoms with E-state index in [4.69, 9.17) is 0 Å². The summed E-state index contributed by atoms with van der Waals surface area (Å²) in [6.45, 7) is 3.97. The average molecular weight is 182 g/mol. The highest BCUT2D eigenvalue weighted by molar-refractivity contribution is 5.46. The third-order valence-electron chi connectivity index (χ3n) is 3.64. The third-order valence-corrected chi connectivity index (χ3v) is 3.64. The van der Waals surface area contributed by atoms with Gasteiger partial charge in [0.1, 0.15) is 0 Å². The predicted molar refractivity (Wildman–Crippen MR) is 59.4 cm³/mol. The molecule has 2 aliphatic carbocycles. The molecule has 0 spiro atoms. The first kappa shape index (κ1) is 8.05. The first-order valence-corrected chi connectivity index (χ1v) is 5.30. The van der Waals surface area contributed by atoms with Gasteiger partial charge in [-0.2, -0.15) is 0 Å². The van der Waals surface area contributed by atoms with Crippen molar-refractivity contribution in [3.63, 3.8) is 0 Å². The normalized spacial score (nSPS) is 32.7. The van der Waals surface area contributed by atoms with E-state index in [1.165, 1.54) is 12.0 Å². The smallest absolute Gasteiger partial charge is 0.00895 e. The summed E-state index contributed by atoms with van der Waals surface area (Å²) in [7, 11) is 0. The van der Waals surface area contributed by atoms with Crippen LogP contribution in [0.5, 0.6) is 0 Å². The van der Waals surface area contributed by atoms with E-state index in [-0.39, 0.29) is 0 Å². The molecule has 3 rings (SSSR count). The van der Waals surface area contributed by atoms with E-state index in [2.05, 4.69) is 49.1 Å². The number of fused-ring (bicyclic) bond motifs is 5. The van der Waals surface area contributed by atoms with Crippen LogP contribution in [0.15, 0.2) is 49.1 Å². The molecule has 0 fully saturated rings. The third kappa shape index (κ3) is 0.886. The lowest BCUT2D eigenvalue weighted by Gasteiger charge is -2.23. The first-order valence-electron chi connectivity index (χ1n) is 5.30. The van der Waals surface area contributed by atoms with E-state index < -0.39 is 0 Å². The van der Waals surface area contributed by atoms with Crippen LogP contribution in [-0.2, 0) is 0 Å². The van der Waals surface area contributed by atoms with Crippen molar-refractivity contribution in [1.82, 2.24) is 0 Å². The Hall–Kier alpha value is -1.30. The van der Waals surface area contributed by atoms with Crippen LogP contribution in [0.2, 0.25) is 0 Å². The van der Waals surface area contributed by atoms with Crippen LogP contribution in [0.1, 0.15) is 29.4 Å². The molecule has 0 saturated carbocycles. The number of hydrogen-bond donors (Lipinski definition) is 0. The van der Waals surface area contributed by atoms with Crippen molar-refractivity contribution >= 4 is 0 Å². The zero-order valence-corrected chi connectivity index (χ0v) is 8.19. The van der Waals surface area contributed by atoms with Crippen molar-refractivity contribution in [3.05, 3.63) is 60.2 Å². The summed E-state index contributed by atoms with van der Waals surface area (Å²) in [5.41, 5.74) is 3.07. The molecule has 0 nitrogen and oxygen atoms in total. The summed E-state index contributed by atoms with van der Waals surface area (Å²) in [4.78, 5) is 0. The Morgan fingerprint density at radius 2 is 2.00 bits per heavy atom. The summed E-state index contributed by atoms with van der Waals surface area (Å²) >= 11 is 0. The number of rotatable bonds is 1. The molecule has 3 unspecified atom stereocenters. The van der Waals surface area contributed by atoms with Crippen LogP contribution in [-0.4, -0.2) is 0 Å². The second kappa shape index (κ2) is 2.84. The highest BCUT2D eigenvalue weighted by atomic mass is 14.4. The highest BCUT2D eigenvalue weighted by Crippen LogP contribution is 2.51. The minimum atomic E-state index is 0.599. The Balaban J connectivity index is 2.20. The van der Waals surface area contributed by atoms with Gasteiger partial charge >= 0.3 is 0 Å². The van der Waals surface area contributed by atoms with E-state index in [9.17, 15) is 0 Å². The zero-order valence-electron chi connectivity index (χ0n) is 8.19. The zero-order chi connectivity index (χ0) is 9.54. The summed E-state index contributed by atoms with van der Waals surface area (Å²) < 4.78 is 0. The number of benzene rings is 1. The van der Waals surface area contributed by atoms with Gasteiger partial charge in [0.25, 0.3) is 0 Å². The molecule has 0 aliphatic heterocycles. The lowest BCUT2D eigenvalue weighted by Crippen LogP contribution is -2.11. The Bertz CT molecular complexity index is 400. The maximum absolute atomic E-state index is 3.97. The van der Waals surface area contributed by atoms with Gasteiger partial charge in [-0.05, 0) is 29.4 Å². The quantitative estimate of drug-likeness (QED) is 0.582. The lowest BCUT2D eigenvalue weighted by molar-refractivity contribution is 0.499. The molecular formula is C14H14. The topological polar surface area (TPSA) is 0 Å². The standard InChI is InChI=1S/C14H14/c1-2-10-11-8-5-9-12(10)14-7-4-3-6-13(11)14/h2-8,10-12H,1,9H2. The van der Waals surface area contributed by atoms with Crippen molar-refractivity contribution in [2.75, 3.05) is 0 Å². The Labute approximate surface area is 85.0 Å². The fraction of sp³-hybridized carbons (Fsp3) is 0.286. The largest absolute Gasteiger partial charge is 0.103 e. The molecule has 0 amide bonds. The van der Waals surface area contributed by atoms with Crippen LogP contribution in [0.4, 0.5) is 0 Å². The van der Waals surface area contributed by atoms with Crippen LogP contribution < -0.4 is 0 Å². The summed E-state index contributed by atoms with van der Waals surface area (Å²) in [6.07, 6.45) is 8.01. The van der Waals surface area contributed by atoms with Gasteiger partial charge in [-0.3, -0.25) is 0 Å². The van der Waals surface area contributed by atoms with Gasteiger partial charge < -0.3 is 0 Å². The lowest BCUT2D eigenvalue weighted by atomic mass is 9.81. The molecule has 70 valence electrons. The van der Waals surface area contributed by atoms with Gasteiger partial charge in [-0.1, -0.05) is 42.5 Å². The molecule has 0 radical (unpaired) electrons. The van der Waals surface area contributed by atoms with Gasteiger partial charge in [0, 0.05) is 5.92 Å². The van der Waals surface area contributed by atoms with Crippen molar-refractivity contribution in [2.45, 2.75) is 18.3 Å². The van der Waals surface area contributed by atoms with E-state index in [1.54, 1.807) is 5.56 Å². The molecule has 0 heteroatoms. The predicted octanol–water partition coefficient (Wildman–Crippen LogP) is 3.63. The molecule has 1 aromatic carbocycles. The van der Waals surface area contributed by atoms with Crippen LogP contribution in [0.3, 0.4) is 0 Å². The first-order chi connectivity index (χ1) is 6.92. The van der Waals surface area contributed by atoms with Gasteiger partial charge in [0.05, 0.1) is 0 Å². The van der Waals surface area contributed by atoms with E-state index >= 15 is 0 Å². The maximum Gasteiger partial charge on any atom is 0.00895 e. The molecule has 1 aromatic rings. The minimum Gasteiger partial charge on any atom is -0.103 e. The van der Waals surface area contributed by atoms with Crippen molar-refractivity contribution in [2.24, 2.45) is 5.92 Å². The summed E-state index contributed by atoms with van der Waals surface area (Å²) in [5, 5.41) is 0. The highest BCUT2D eigenvalue weighted by Gasteiger charge is 2.38. The van der Waals surface area contributed by atoms with Crippen LogP contribution >= 0.6 is 0 Å². The van der Waals surface area contributed by atoms with Gasteiger partial charge in [-0.15, -0.1) is 6.58 Å². The molecule has 3 atom stereocenters. The Morgan fingerprint density at radius 1 is 1.21 bits per heavy atom. The van der Waals surface area contributed by atoms with E-state index in [1.807, 2.05) is 0 Å². The fourth-order valence-electron chi connectivity index (χ4n) is 3.02. The molecule has 2 bridgehead atoms. The molecule has 0 saturated heterocycles. The SMILES string of the molecule is C=CC1C2C=CCC1c1ccccc12. The van der Waals surface area contributed by atoms with Crippen molar-refractivity contribution in [1.29, 1.82) is 0 Å². The van der Waals surface area contributed by atoms with E-state index in [0.29, 0.717) is 17.8 Å². The Kier molecular flexibility index (Phi) is 1.63. The maximum atomic E-state index is 3.97. The summed E-state index contributed by atoms with van der Waals surface area (Å²) in [5.74, 6) is 1.93. The molecule has 2 aliphatic rings. The molecule has 0 N–H and O–H groups in total. The fourth-order valence-corrected chi connectivity index (χ4v) is 3.02. The molecule has 0 heterocycles. The molecular weight excluding hydrogens is 168 g/mol. The van der Waals surface area contributed by atoms with Crippen LogP contribution in [0, 0.1) is 5.92 Å². The molecule has 0 aromatic heterocycles. The average Bonchev–Trinajstić information content (AvgIpc) is 2.43.